The number of nitro groups is 1. The van der Waals surface area contributed by atoms with Gasteiger partial charge in [0.25, 0.3) is 5.69 Å². The van der Waals surface area contributed by atoms with E-state index in [9.17, 15) is 10.1 Å². The molecule has 0 spiro atoms. The number of benzene rings is 3. The Morgan fingerprint density at radius 2 is 1.68 bits per heavy atom. The van der Waals surface area contributed by atoms with E-state index in [1.165, 1.54) is 12.1 Å². The molecule has 22 heavy (non-hydrogen) atoms. The molecule has 0 aliphatic rings. The molecule has 0 aliphatic carbocycles. The van der Waals surface area contributed by atoms with E-state index < -0.39 is 4.92 Å². The van der Waals surface area contributed by atoms with Crippen LogP contribution in [0.3, 0.4) is 0 Å². The number of anilines is 1. The van der Waals surface area contributed by atoms with E-state index in [4.69, 9.17) is 0 Å². The highest BCUT2D eigenvalue weighted by molar-refractivity contribution is 5.99. The second kappa shape index (κ2) is 6.05. The Morgan fingerprint density at radius 1 is 0.955 bits per heavy atom. The first kappa shape index (κ1) is 13.8. The zero-order chi connectivity index (χ0) is 15.4. The van der Waals surface area contributed by atoms with Crippen LogP contribution in [-0.4, -0.2) is 11.1 Å². The predicted molar refractivity (Wildman–Crippen MR) is 88.3 cm³/mol. The predicted octanol–water partition coefficient (Wildman–Crippen LogP) is 4.19. The summed E-state index contributed by atoms with van der Waals surface area (Å²) in [6.07, 6.45) is 1.74. The second-order valence-corrected chi connectivity index (χ2v) is 4.74. The zero-order valence-corrected chi connectivity index (χ0v) is 11.6. The van der Waals surface area contributed by atoms with Crippen molar-refractivity contribution in [1.82, 2.24) is 0 Å². The lowest BCUT2D eigenvalue weighted by atomic mass is 10.1. The van der Waals surface area contributed by atoms with Gasteiger partial charge in [0, 0.05) is 17.7 Å². The standard InChI is InChI=1S/C17H13N3O2/c21-20(22)16-10-8-15(9-11-16)19-18-12-14-6-3-5-13-4-1-2-7-17(13)14/h1-12,19H/b18-12+. The topological polar surface area (TPSA) is 67.5 Å². The molecule has 5 nitrogen and oxygen atoms in total. The summed E-state index contributed by atoms with van der Waals surface area (Å²) in [5, 5.41) is 17.1. The van der Waals surface area contributed by atoms with Crippen molar-refractivity contribution in [3.8, 4) is 0 Å². The molecule has 0 aromatic heterocycles. The quantitative estimate of drug-likeness (QED) is 0.445. The maximum atomic E-state index is 10.6. The Bertz CT molecular complexity index is 837. The van der Waals surface area contributed by atoms with E-state index in [2.05, 4.69) is 22.7 Å². The van der Waals surface area contributed by atoms with E-state index >= 15 is 0 Å². The van der Waals surface area contributed by atoms with Gasteiger partial charge in [-0.15, -0.1) is 0 Å². The summed E-state index contributed by atoms with van der Waals surface area (Å²) in [4.78, 5) is 10.2. The van der Waals surface area contributed by atoms with Gasteiger partial charge >= 0.3 is 0 Å². The van der Waals surface area contributed by atoms with E-state index in [-0.39, 0.29) is 5.69 Å². The molecule has 0 aliphatic heterocycles. The fourth-order valence-corrected chi connectivity index (χ4v) is 2.20. The van der Waals surface area contributed by atoms with Gasteiger partial charge in [0.05, 0.1) is 16.8 Å². The van der Waals surface area contributed by atoms with Gasteiger partial charge in [-0.1, -0.05) is 42.5 Å². The van der Waals surface area contributed by atoms with Gasteiger partial charge in [0.1, 0.15) is 0 Å². The van der Waals surface area contributed by atoms with Crippen LogP contribution in [0.4, 0.5) is 11.4 Å². The van der Waals surface area contributed by atoms with Crippen LogP contribution in [0.1, 0.15) is 5.56 Å². The average Bonchev–Trinajstić information content (AvgIpc) is 2.55. The van der Waals surface area contributed by atoms with Crippen LogP contribution in [-0.2, 0) is 0 Å². The van der Waals surface area contributed by atoms with Gasteiger partial charge in [-0.25, -0.2) is 0 Å². The highest BCUT2D eigenvalue weighted by Crippen LogP contribution is 2.18. The number of fused-ring (bicyclic) bond motifs is 1. The van der Waals surface area contributed by atoms with Gasteiger partial charge in [0.15, 0.2) is 0 Å². The molecular weight excluding hydrogens is 278 g/mol. The molecule has 3 aromatic carbocycles. The molecule has 0 atom stereocenters. The molecule has 0 radical (unpaired) electrons. The largest absolute Gasteiger partial charge is 0.278 e. The number of hydrazone groups is 1. The molecular formula is C17H13N3O2. The van der Waals surface area contributed by atoms with Crippen molar-refractivity contribution in [3.05, 3.63) is 82.4 Å². The number of hydrogen-bond donors (Lipinski definition) is 1. The van der Waals surface area contributed by atoms with Gasteiger partial charge in [0.2, 0.25) is 0 Å². The first-order valence-electron chi connectivity index (χ1n) is 6.75. The molecule has 1 N–H and O–H groups in total. The number of non-ortho nitro benzene ring substituents is 1. The molecule has 0 bridgehead atoms. The third-order valence-corrected chi connectivity index (χ3v) is 3.30. The molecule has 0 saturated carbocycles. The van der Waals surface area contributed by atoms with Crippen molar-refractivity contribution in [2.45, 2.75) is 0 Å². The van der Waals surface area contributed by atoms with Crippen LogP contribution in [0.25, 0.3) is 10.8 Å². The summed E-state index contributed by atoms with van der Waals surface area (Å²) in [6.45, 7) is 0. The average molecular weight is 291 g/mol. The molecule has 0 heterocycles. The number of nitrogens with zero attached hydrogens (tertiary/aromatic N) is 2. The highest BCUT2D eigenvalue weighted by Gasteiger charge is 2.03. The van der Waals surface area contributed by atoms with Crippen molar-refractivity contribution in [3.63, 3.8) is 0 Å². The van der Waals surface area contributed by atoms with Gasteiger partial charge in [-0.2, -0.15) is 5.10 Å². The molecule has 3 rings (SSSR count). The fraction of sp³-hybridized carbons (Fsp3) is 0. The van der Waals surface area contributed by atoms with Gasteiger partial charge in [-0.3, -0.25) is 15.5 Å². The van der Waals surface area contributed by atoms with Crippen molar-refractivity contribution in [2.24, 2.45) is 5.10 Å². The Balaban J connectivity index is 1.77. The summed E-state index contributed by atoms with van der Waals surface area (Å²) in [7, 11) is 0. The van der Waals surface area contributed by atoms with Crippen molar-refractivity contribution in [1.29, 1.82) is 0 Å². The van der Waals surface area contributed by atoms with Crippen LogP contribution < -0.4 is 5.43 Å². The van der Waals surface area contributed by atoms with E-state index in [1.54, 1.807) is 18.3 Å². The van der Waals surface area contributed by atoms with Gasteiger partial charge in [-0.05, 0) is 22.9 Å². The first-order chi connectivity index (χ1) is 10.7. The third-order valence-electron chi connectivity index (χ3n) is 3.30. The van der Waals surface area contributed by atoms with Gasteiger partial charge < -0.3 is 0 Å². The smallest absolute Gasteiger partial charge is 0.269 e. The van der Waals surface area contributed by atoms with Crippen molar-refractivity contribution in [2.75, 3.05) is 5.43 Å². The number of nitro benzene ring substituents is 1. The molecule has 0 unspecified atom stereocenters. The number of hydrogen-bond acceptors (Lipinski definition) is 4. The Labute approximate surface area is 127 Å². The van der Waals surface area contributed by atoms with Crippen molar-refractivity contribution >= 4 is 28.4 Å². The minimum Gasteiger partial charge on any atom is -0.278 e. The lowest BCUT2D eigenvalue weighted by Crippen LogP contribution is -1.92. The maximum Gasteiger partial charge on any atom is 0.269 e. The first-order valence-corrected chi connectivity index (χ1v) is 6.75. The fourth-order valence-electron chi connectivity index (χ4n) is 2.20. The summed E-state index contributed by atoms with van der Waals surface area (Å²) < 4.78 is 0. The summed E-state index contributed by atoms with van der Waals surface area (Å²) in [5.41, 5.74) is 4.63. The summed E-state index contributed by atoms with van der Waals surface area (Å²) in [6, 6.07) is 20.2. The molecule has 0 amide bonds. The normalized spacial score (nSPS) is 10.9. The third kappa shape index (κ3) is 2.93. The molecule has 0 fully saturated rings. The molecule has 108 valence electrons. The monoisotopic (exact) mass is 291 g/mol. The Hall–Kier alpha value is -3.21. The maximum absolute atomic E-state index is 10.6. The minimum absolute atomic E-state index is 0.0589. The SMILES string of the molecule is O=[N+]([O-])c1ccc(N/N=C/c2cccc3ccccc23)cc1. The minimum atomic E-state index is -0.427. The number of rotatable bonds is 4. The zero-order valence-electron chi connectivity index (χ0n) is 11.6. The molecule has 0 saturated heterocycles. The second-order valence-electron chi connectivity index (χ2n) is 4.74. The lowest BCUT2D eigenvalue weighted by molar-refractivity contribution is -0.384. The van der Waals surface area contributed by atoms with Crippen LogP contribution >= 0.6 is 0 Å². The van der Waals surface area contributed by atoms with Crippen LogP contribution in [0.5, 0.6) is 0 Å². The Morgan fingerprint density at radius 3 is 2.45 bits per heavy atom. The highest BCUT2D eigenvalue weighted by atomic mass is 16.6. The Kier molecular flexibility index (Phi) is 3.78. The summed E-state index contributed by atoms with van der Waals surface area (Å²) >= 11 is 0. The van der Waals surface area contributed by atoms with E-state index in [1.807, 2.05) is 30.3 Å². The molecule has 3 aromatic rings. The van der Waals surface area contributed by atoms with Crippen LogP contribution in [0, 0.1) is 10.1 Å². The van der Waals surface area contributed by atoms with E-state index in [0.29, 0.717) is 5.69 Å². The van der Waals surface area contributed by atoms with Crippen LogP contribution in [0.15, 0.2) is 71.8 Å². The van der Waals surface area contributed by atoms with Crippen LogP contribution in [0.2, 0.25) is 0 Å². The summed E-state index contributed by atoms with van der Waals surface area (Å²) in [5.74, 6) is 0. The lowest BCUT2D eigenvalue weighted by Gasteiger charge is -2.02. The molecule has 5 heteroatoms. The van der Waals surface area contributed by atoms with E-state index in [0.717, 1.165) is 16.3 Å². The number of nitrogens with one attached hydrogen (secondary N) is 1. The van der Waals surface area contributed by atoms with Crippen molar-refractivity contribution < 1.29 is 4.92 Å².